The molecule has 0 aliphatic carbocycles. The summed E-state index contributed by atoms with van der Waals surface area (Å²) in [4.78, 5) is 38.4. The Hall–Kier alpha value is -3.01. The first-order valence-corrected chi connectivity index (χ1v) is 5.41. The smallest absolute Gasteiger partial charge is 0.308 e. The van der Waals surface area contributed by atoms with E-state index in [0.717, 1.165) is 10.8 Å². The Balaban J connectivity index is 2.37. The number of hydrogen-bond acceptors (Lipinski definition) is 7. The molecule has 104 valence electrons. The van der Waals surface area contributed by atoms with E-state index < -0.39 is 21.9 Å². The number of pyridine rings is 1. The van der Waals surface area contributed by atoms with Gasteiger partial charge in [-0.2, -0.15) is 0 Å². The lowest BCUT2D eigenvalue weighted by Gasteiger charge is -2.05. The molecule has 0 aromatic carbocycles. The standard InChI is InChI=1S/C10H10N6O4/c11-14-8-2-1-6(3-12-8)4-15-5-7(16(19)20)9(17)13-10(15)18/h1-3,5H,4,11H2,(H,12,14)(H,13,17,18). The zero-order chi connectivity index (χ0) is 14.7. The SMILES string of the molecule is NNc1ccc(Cn2cc([N+](=O)[O-])c(=O)[nH]c2=O)cn1. The summed E-state index contributed by atoms with van der Waals surface area (Å²) in [6.45, 7) is 0.0360. The van der Waals surface area contributed by atoms with E-state index in [-0.39, 0.29) is 6.54 Å². The molecule has 0 amide bonds. The molecule has 0 saturated heterocycles. The zero-order valence-corrected chi connectivity index (χ0v) is 10.1. The van der Waals surface area contributed by atoms with Crippen LogP contribution in [0.25, 0.3) is 0 Å². The molecule has 20 heavy (non-hydrogen) atoms. The topological polar surface area (TPSA) is 149 Å². The van der Waals surface area contributed by atoms with Crippen LogP contribution in [-0.2, 0) is 6.54 Å². The van der Waals surface area contributed by atoms with E-state index in [4.69, 9.17) is 5.84 Å². The van der Waals surface area contributed by atoms with Gasteiger partial charge in [0, 0.05) is 6.20 Å². The van der Waals surface area contributed by atoms with Crippen molar-refractivity contribution in [2.75, 3.05) is 5.43 Å². The fourth-order valence-corrected chi connectivity index (χ4v) is 1.55. The fourth-order valence-electron chi connectivity index (χ4n) is 1.55. The molecule has 0 fully saturated rings. The maximum Gasteiger partial charge on any atom is 0.350 e. The fraction of sp³-hybridized carbons (Fsp3) is 0.100. The predicted molar refractivity (Wildman–Crippen MR) is 69.1 cm³/mol. The van der Waals surface area contributed by atoms with Crippen LogP contribution in [0.4, 0.5) is 11.5 Å². The van der Waals surface area contributed by atoms with Crippen LogP contribution in [0.3, 0.4) is 0 Å². The van der Waals surface area contributed by atoms with Crippen molar-refractivity contribution in [1.29, 1.82) is 0 Å². The highest BCUT2D eigenvalue weighted by molar-refractivity contribution is 5.33. The highest BCUT2D eigenvalue weighted by atomic mass is 16.6. The van der Waals surface area contributed by atoms with Gasteiger partial charge in [-0.25, -0.2) is 15.6 Å². The number of nitrogens with zero attached hydrogens (tertiary/aromatic N) is 3. The lowest BCUT2D eigenvalue weighted by Crippen LogP contribution is -2.31. The van der Waals surface area contributed by atoms with Crippen molar-refractivity contribution in [1.82, 2.24) is 14.5 Å². The molecule has 2 rings (SSSR count). The van der Waals surface area contributed by atoms with Crippen molar-refractivity contribution in [3.8, 4) is 0 Å². The highest BCUT2D eigenvalue weighted by Gasteiger charge is 2.14. The van der Waals surface area contributed by atoms with Crippen LogP contribution < -0.4 is 22.5 Å². The van der Waals surface area contributed by atoms with E-state index >= 15 is 0 Å². The van der Waals surface area contributed by atoms with Gasteiger partial charge in [0.05, 0.1) is 17.7 Å². The third-order valence-electron chi connectivity index (χ3n) is 2.51. The lowest BCUT2D eigenvalue weighted by atomic mass is 10.3. The minimum Gasteiger partial charge on any atom is -0.308 e. The van der Waals surface area contributed by atoms with Gasteiger partial charge in [-0.15, -0.1) is 0 Å². The van der Waals surface area contributed by atoms with Crippen molar-refractivity contribution < 1.29 is 4.92 Å². The Bertz CT molecular complexity index is 748. The minimum atomic E-state index is -1.03. The van der Waals surface area contributed by atoms with Crippen LogP contribution in [0.15, 0.2) is 34.1 Å². The number of anilines is 1. The van der Waals surface area contributed by atoms with Gasteiger partial charge < -0.3 is 5.43 Å². The number of nitrogens with one attached hydrogen (secondary N) is 2. The van der Waals surface area contributed by atoms with Crippen molar-refractivity contribution >= 4 is 11.5 Å². The van der Waals surface area contributed by atoms with Crippen LogP contribution in [0.2, 0.25) is 0 Å². The molecule has 0 saturated carbocycles. The maximum atomic E-state index is 11.6. The van der Waals surface area contributed by atoms with E-state index in [1.807, 2.05) is 4.98 Å². The second-order valence-electron chi connectivity index (χ2n) is 3.85. The minimum absolute atomic E-state index is 0.0360. The maximum absolute atomic E-state index is 11.6. The third kappa shape index (κ3) is 2.70. The van der Waals surface area contributed by atoms with Crippen molar-refractivity contribution in [2.45, 2.75) is 6.54 Å². The number of hydrazine groups is 1. The number of aromatic amines is 1. The zero-order valence-electron chi connectivity index (χ0n) is 10.1. The van der Waals surface area contributed by atoms with Gasteiger partial charge in [0.15, 0.2) is 0 Å². The summed E-state index contributed by atoms with van der Waals surface area (Å²) >= 11 is 0. The molecule has 0 spiro atoms. The van der Waals surface area contributed by atoms with Crippen molar-refractivity contribution in [3.63, 3.8) is 0 Å². The molecule has 0 aliphatic heterocycles. The van der Waals surface area contributed by atoms with Crippen LogP contribution in [0, 0.1) is 10.1 Å². The number of rotatable bonds is 4. The molecule has 0 atom stereocenters. The molecule has 0 bridgehead atoms. The molecule has 2 heterocycles. The van der Waals surface area contributed by atoms with Crippen LogP contribution in [0.5, 0.6) is 0 Å². The second kappa shape index (κ2) is 5.32. The normalized spacial score (nSPS) is 10.2. The summed E-state index contributed by atoms with van der Waals surface area (Å²) in [5, 5.41) is 10.7. The van der Waals surface area contributed by atoms with Crippen LogP contribution in [-0.4, -0.2) is 19.5 Å². The molecule has 10 heteroatoms. The van der Waals surface area contributed by atoms with Gasteiger partial charge in [-0.05, 0) is 11.6 Å². The number of aromatic nitrogens is 3. The summed E-state index contributed by atoms with van der Waals surface area (Å²) in [5.41, 5.74) is 0.501. The molecule has 4 N–H and O–H groups in total. The summed E-state index contributed by atoms with van der Waals surface area (Å²) in [6.07, 6.45) is 2.36. The third-order valence-corrected chi connectivity index (χ3v) is 2.51. The largest absolute Gasteiger partial charge is 0.350 e. The summed E-state index contributed by atoms with van der Waals surface area (Å²) in [6, 6.07) is 3.23. The van der Waals surface area contributed by atoms with Crippen LogP contribution in [0.1, 0.15) is 5.56 Å². The molecule has 0 radical (unpaired) electrons. The lowest BCUT2D eigenvalue weighted by molar-refractivity contribution is -0.386. The predicted octanol–water partition coefficient (Wildman–Crippen LogP) is -0.826. The summed E-state index contributed by atoms with van der Waals surface area (Å²) < 4.78 is 1.02. The summed E-state index contributed by atoms with van der Waals surface area (Å²) in [7, 11) is 0. The van der Waals surface area contributed by atoms with Gasteiger partial charge in [-0.1, -0.05) is 6.07 Å². The van der Waals surface area contributed by atoms with E-state index in [0.29, 0.717) is 11.4 Å². The van der Waals surface area contributed by atoms with Gasteiger partial charge in [0.25, 0.3) is 0 Å². The number of nitro groups is 1. The van der Waals surface area contributed by atoms with Gasteiger partial charge in [0.2, 0.25) is 0 Å². The Kier molecular flexibility index (Phi) is 3.57. The van der Waals surface area contributed by atoms with Crippen LogP contribution >= 0.6 is 0 Å². The monoisotopic (exact) mass is 278 g/mol. The van der Waals surface area contributed by atoms with Gasteiger partial charge in [-0.3, -0.25) is 24.5 Å². The van der Waals surface area contributed by atoms with Gasteiger partial charge >= 0.3 is 16.9 Å². The number of nitrogen functional groups attached to an aromatic ring is 1. The highest BCUT2D eigenvalue weighted by Crippen LogP contribution is 2.06. The van der Waals surface area contributed by atoms with Crippen molar-refractivity contribution in [3.05, 3.63) is 61.0 Å². The summed E-state index contributed by atoms with van der Waals surface area (Å²) in [5.74, 6) is 5.60. The molecule has 2 aromatic heterocycles. The number of H-pyrrole nitrogens is 1. The van der Waals surface area contributed by atoms with E-state index in [2.05, 4.69) is 10.4 Å². The molecule has 10 nitrogen and oxygen atoms in total. The van der Waals surface area contributed by atoms with E-state index in [1.54, 1.807) is 12.1 Å². The molecule has 2 aromatic rings. The first-order chi connectivity index (χ1) is 9.51. The Morgan fingerprint density at radius 3 is 2.75 bits per heavy atom. The average Bonchev–Trinajstić information content (AvgIpc) is 2.42. The Morgan fingerprint density at radius 1 is 1.45 bits per heavy atom. The van der Waals surface area contributed by atoms with E-state index in [1.165, 1.54) is 6.20 Å². The number of nitrogens with two attached hydrogens (primary N) is 1. The molecular weight excluding hydrogens is 268 g/mol. The average molecular weight is 278 g/mol. The van der Waals surface area contributed by atoms with E-state index in [9.17, 15) is 19.7 Å². The molecule has 0 unspecified atom stereocenters. The second-order valence-corrected chi connectivity index (χ2v) is 3.85. The molecule has 0 aliphatic rings. The van der Waals surface area contributed by atoms with Crippen molar-refractivity contribution in [2.24, 2.45) is 5.84 Å². The molecular formula is C10H10N6O4. The number of hydrogen-bond donors (Lipinski definition) is 3. The quantitative estimate of drug-likeness (QED) is 0.375. The Labute approximate surface area is 111 Å². The Morgan fingerprint density at radius 2 is 2.20 bits per heavy atom. The first kappa shape index (κ1) is 13.4. The first-order valence-electron chi connectivity index (χ1n) is 5.41. The van der Waals surface area contributed by atoms with Gasteiger partial charge in [0.1, 0.15) is 5.82 Å².